The zero-order valence-electron chi connectivity index (χ0n) is 39.1. The van der Waals surface area contributed by atoms with Gasteiger partial charge < -0.3 is 25.4 Å². The number of hydrogen-bond acceptors (Lipinski definition) is 12. The molecule has 0 radical (unpaired) electrons. The SMILES string of the molecule is Cc1ncsc1-c1ccc(CNC(=O)[C@@H]2C[C@@H](O)CN2C(=O)C(C(C)C)n2cc(-c3cccc(OCCNC(=O)C[C@@H]4N=C(c5ccc(Cl)cc5)c5c(sc(C)c5C)-n5c(C)nnc54)c3)cn2)cc1. The van der Waals surface area contributed by atoms with Crippen LogP contribution in [0.5, 0.6) is 5.75 Å². The van der Waals surface area contributed by atoms with Crippen molar-refractivity contribution in [3.63, 3.8) is 0 Å². The van der Waals surface area contributed by atoms with E-state index < -0.39 is 24.2 Å². The number of likely N-dealkylation sites (tertiary alicyclic amines) is 1. The largest absolute Gasteiger partial charge is 0.492 e. The molecule has 3 aromatic carbocycles. The third kappa shape index (κ3) is 10.00. The zero-order valence-corrected chi connectivity index (χ0v) is 41.5. The summed E-state index contributed by atoms with van der Waals surface area (Å²) in [5, 5.41) is 31.9. The van der Waals surface area contributed by atoms with E-state index in [-0.39, 0.29) is 62.7 Å². The summed E-state index contributed by atoms with van der Waals surface area (Å²) in [5.74, 6) is 0.932. The number of amides is 3. The van der Waals surface area contributed by atoms with Crippen LogP contribution in [-0.4, -0.2) is 94.8 Å². The maximum Gasteiger partial charge on any atom is 0.248 e. The summed E-state index contributed by atoms with van der Waals surface area (Å²) in [7, 11) is 0. The minimum absolute atomic E-state index is 0.0506. The molecule has 7 aromatic rings. The zero-order chi connectivity index (χ0) is 48.5. The summed E-state index contributed by atoms with van der Waals surface area (Å²) < 4.78 is 9.78. The topological polar surface area (TPSA) is 182 Å². The monoisotopic (exact) mass is 984 g/mol. The smallest absolute Gasteiger partial charge is 0.248 e. The van der Waals surface area contributed by atoms with E-state index in [1.807, 2.05) is 117 Å². The van der Waals surface area contributed by atoms with Crippen molar-refractivity contribution in [3.8, 4) is 32.3 Å². The van der Waals surface area contributed by atoms with Gasteiger partial charge in [0.25, 0.3) is 0 Å². The Morgan fingerprint density at radius 3 is 2.45 bits per heavy atom. The molecule has 15 nitrogen and oxygen atoms in total. The van der Waals surface area contributed by atoms with Gasteiger partial charge in [0.15, 0.2) is 5.82 Å². The predicted molar refractivity (Wildman–Crippen MR) is 268 cm³/mol. The molecular formula is C51H53ClN10O5S2. The average molecular weight is 986 g/mol. The van der Waals surface area contributed by atoms with Crippen molar-refractivity contribution in [2.75, 3.05) is 19.7 Å². The van der Waals surface area contributed by atoms with Crippen molar-refractivity contribution in [1.29, 1.82) is 0 Å². The van der Waals surface area contributed by atoms with Gasteiger partial charge in [-0.05, 0) is 80.1 Å². The highest BCUT2D eigenvalue weighted by Gasteiger charge is 2.42. The number of thiazole rings is 1. The normalized spacial score (nSPS) is 17.0. The quantitative estimate of drug-likeness (QED) is 0.0855. The van der Waals surface area contributed by atoms with Gasteiger partial charge in [0.05, 0.1) is 47.1 Å². The molecule has 1 saturated heterocycles. The minimum Gasteiger partial charge on any atom is -0.492 e. The summed E-state index contributed by atoms with van der Waals surface area (Å²) in [6.07, 6.45) is 2.89. The van der Waals surface area contributed by atoms with Crippen molar-refractivity contribution in [2.24, 2.45) is 10.9 Å². The molecule has 0 bridgehead atoms. The molecule has 6 heterocycles. The Morgan fingerprint density at radius 1 is 0.942 bits per heavy atom. The van der Waals surface area contributed by atoms with Gasteiger partial charge in [-0.25, -0.2) is 4.98 Å². The van der Waals surface area contributed by atoms with Gasteiger partial charge in [-0.15, -0.1) is 32.9 Å². The molecule has 69 heavy (non-hydrogen) atoms. The van der Waals surface area contributed by atoms with Gasteiger partial charge in [0.1, 0.15) is 41.3 Å². The van der Waals surface area contributed by atoms with Crippen molar-refractivity contribution in [2.45, 2.75) is 85.2 Å². The van der Waals surface area contributed by atoms with Crippen LogP contribution in [0, 0.1) is 33.6 Å². The van der Waals surface area contributed by atoms with Crippen LogP contribution in [0.15, 0.2) is 95.7 Å². The predicted octanol–water partition coefficient (Wildman–Crippen LogP) is 8.16. The van der Waals surface area contributed by atoms with Crippen molar-refractivity contribution in [1.82, 2.24) is 45.1 Å². The second-order valence-corrected chi connectivity index (χ2v) is 20.3. The van der Waals surface area contributed by atoms with E-state index in [1.54, 1.807) is 33.6 Å². The molecular weight excluding hydrogens is 932 g/mol. The number of aliphatic hydroxyl groups excluding tert-OH is 1. The van der Waals surface area contributed by atoms with Crippen molar-refractivity contribution >= 4 is 57.7 Å². The maximum atomic E-state index is 14.3. The number of rotatable bonds is 15. The Bertz CT molecular complexity index is 3050. The van der Waals surface area contributed by atoms with Crippen LogP contribution < -0.4 is 15.4 Å². The molecule has 4 atom stereocenters. The third-order valence-electron chi connectivity index (χ3n) is 12.7. The number of fused-ring (bicyclic) bond motifs is 3. The molecule has 1 unspecified atom stereocenters. The van der Waals surface area contributed by atoms with Gasteiger partial charge in [-0.2, -0.15) is 5.10 Å². The summed E-state index contributed by atoms with van der Waals surface area (Å²) >= 11 is 9.51. The number of carbonyl (C=O) groups is 3. The lowest BCUT2D eigenvalue weighted by Gasteiger charge is -2.30. The van der Waals surface area contributed by atoms with Crippen LogP contribution in [0.1, 0.15) is 83.2 Å². The van der Waals surface area contributed by atoms with Gasteiger partial charge in [-0.3, -0.25) is 28.6 Å². The number of carbonyl (C=O) groups excluding carboxylic acids is 3. The Hall–Kier alpha value is -6.53. The maximum absolute atomic E-state index is 14.3. The third-order valence-corrected chi connectivity index (χ3v) is 15.1. The van der Waals surface area contributed by atoms with E-state index in [1.165, 1.54) is 9.78 Å². The van der Waals surface area contributed by atoms with Gasteiger partial charge in [0.2, 0.25) is 17.7 Å². The number of aromatic nitrogens is 6. The number of aryl methyl sites for hydroxylation is 3. The summed E-state index contributed by atoms with van der Waals surface area (Å²) in [5.41, 5.74) is 10.2. The van der Waals surface area contributed by atoms with E-state index in [0.717, 1.165) is 66.1 Å². The van der Waals surface area contributed by atoms with Gasteiger partial charge >= 0.3 is 0 Å². The van der Waals surface area contributed by atoms with Crippen molar-refractivity contribution < 1.29 is 24.2 Å². The fraction of sp³-hybridized carbons (Fsp3) is 0.333. The molecule has 356 valence electrons. The molecule has 0 saturated carbocycles. The van der Waals surface area contributed by atoms with Crippen LogP contribution in [0.25, 0.3) is 26.6 Å². The summed E-state index contributed by atoms with van der Waals surface area (Å²) in [6, 6.07) is 20.9. The number of thiophene rings is 1. The highest BCUT2D eigenvalue weighted by molar-refractivity contribution is 7.15. The molecule has 18 heteroatoms. The Morgan fingerprint density at radius 2 is 1.71 bits per heavy atom. The number of benzene rings is 3. The van der Waals surface area contributed by atoms with Crippen LogP contribution in [0.3, 0.4) is 0 Å². The van der Waals surface area contributed by atoms with E-state index in [2.05, 4.69) is 44.8 Å². The van der Waals surface area contributed by atoms with Crippen LogP contribution in [0.4, 0.5) is 0 Å². The number of β-amino-alcohol motifs (C(OH)–C–C–N with tert-alkyl or cyclic N) is 1. The molecule has 0 aliphatic carbocycles. The number of halogens is 1. The number of ether oxygens (including phenoxy) is 1. The summed E-state index contributed by atoms with van der Waals surface area (Å²) in [4.78, 5) is 54.8. The molecule has 9 rings (SSSR count). The number of aliphatic hydroxyl groups is 1. The van der Waals surface area contributed by atoms with Gasteiger partial charge in [0, 0.05) is 52.3 Å². The second kappa shape index (κ2) is 20.2. The molecule has 1 fully saturated rings. The molecule has 0 spiro atoms. The lowest BCUT2D eigenvalue weighted by Crippen LogP contribution is -2.49. The molecule has 4 aromatic heterocycles. The highest BCUT2D eigenvalue weighted by atomic mass is 35.5. The lowest BCUT2D eigenvalue weighted by molar-refractivity contribution is -0.142. The van der Waals surface area contributed by atoms with E-state index >= 15 is 0 Å². The van der Waals surface area contributed by atoms with Crippen LogP contribution in [0.2, 0.25) is 5.02 Å². The first-order valence-corrected chi connectivity index (χ1v) is 25.0. The number of nitrogens with one attached hydrogen (secondary N) is 2. The van der Waals surface area contributed by atoms with E-state index in [0.29, 0.717) is 16.6 Å². The van der Waals surface area contributed by atoms with Crippen LogP contribution >= 0.6 is 34.3 Å². The molecule has 3 N–H and O–H groups in total. The summed E-state index contributed by atoms with van der Waals surface area (Å²) in [6.45, 7) is 12.7. The first-order chi connectivity index (χ1) is 33.2. The minimum atomic E-state index is -0.829. The first kappa shape index (κ1) is 47.5. The fourth-order valence-electron chi connectivity index (χ4n) is 8.98. The number of hydrogen-bond donors (Lipinski definition) is 3. The second-order valence-electron chi connectivity index (χ2n) is 17.8. The average Bonchev–Trinajstić information content (AvgIpc) is 4.18. The fourth-order valence-corrected chi connectivity index (χ4v) is 11.1. The van der Waals surface area contributed by atoms with Crippen LogP contribution in [-0.2, 0) is 20.9 Å². The number of aliphatic imine (C=N–C) groups is 1. The Kier molecular flexibility index (Phi) is 13.9. The first-order valence-electron chi connectivity index (χ1n) is 22.9. The lowest BCUT2D eigenvalue weighted by atomic mass is 9.99. The Balaban J connectivity index is 0.817. The molecule has 3 amide bonds. The number of nitrogens with zero attached hydrogens (tertiary/aromatic N) is 8. The molecule has 2 aliphatic rings. The molecule has 2 aliphatic heterocycles. The van der Waals surface area contributed by atoms with Crippen molar-refractivity contribution in [3.05, 3.63) is 140 Å². The van der Waals surface area contributed by atoms with E-state index in [9.17, 15) is 19.5 Å². The Labute approximate surface area is 413 Å². The highest BCUT2D eigenvalue weighted by Crippen LogP contribution is 2.40. The van der Waals surface area contributed by atoms with Gasteiger partial charge in [-0.1, -0.05) is 74.0 Å². The van der Waals surface area contributed by atoms with E-state index in [4.69, 9.17) is 21.3 Å². The standard InChI is InChI=1S/C51H53ClN10O5S2/c1-28(2)46(50(66)60-26-39(63)21-42(60)49(65)54-23-33-10-12-35(13-11-33)47-30(4)55-27-68-47)61-25-37(24-56-61)36-8-7-9-40(20-36)67-19-18-53-43(64)22-41-48-59-58-32(6)62(48)51-44(29(3)31(5)69-51)45(57-41)34-14-16-38(52)17-15-34/h7-17,20,24-25,27-28,39,41-42,46,63H,18-19,21-23,26H2,1-6H3,(H,53,64)(H,54,65)/t39-,41+,42+,46?/m1/s1.